The monoisotopic (exact) mass is 493 g/mol. The molecule has 1 amide bonds. The minimum absolute atomic E-state index is 0.265. The van der Waals surface area contributed by atoms with Gasteiger partial charge in [0, 0.05) is 11.6 Å². The molecule has 5 nitrogen and oxygen atoms in total. The van der Waals surface area contributed by atoms with Crippen LogP contribution >= 0.6 is 23.2 Å². The number of nitrogens with zero attached hydrogens (tertiary/aromatic N) is 2. The Morgan fingerprint density at radius 2 is 1.59 bits per heavy atom. The van der Waals surface area contributed by atoms with Gasteiger partial charge >= 0.3 is 0 Å². The standard InChI is InChI=1S/C27H25Cl2N3O2/c1-19-25(26(29)32(31-19)16-23-12-5-6-13-24(23)28)27(33)30-15-21-10-7-11-22(14-21)18-34-17-20-8-3-2-4-9-20/h2-14H,15-18H2,1H3,(H,30,33). The summed E-state index contributed by atoms with van der Waals surface area (Å²) in [7, 11) is 0. The molecule has 0 fully saturated rings. The fourth-order valence-corrected chi connectivity index (χ4v) is 4.18. The number of benzene rings is 3. The molecule has 0 spiro atoms. The van der Waals surface area contributed by atoms with Gasteiger partial charge in [0.2, 0.25) is 0 Å². The Morgan fingerprint density at radius 1 is 0.912 bits per heavy atom. The van der Waals surface area contributed by atoms with Crippen LogP contribution in [-0.2, 0) is 31.0 Å². The third-order valence-corrected chi connectivity index (χ3v) is 6.15. The number of ether oxygens (including phenoxy) is 1. The summed E-state index contributed by atoms with van der Waals surface area (Å²) in [5.41, 5.74) is 4.98. The number of aryl methyl sites for hydroxylation is 1. The number of halogens is 2. The maximum Gasteiger partial charge on any atom is 0.256 e. The highest BCUT2D eigenvalue weighted by atomic mass is 35.5. The Kier molecular flexibility index (Phi) is 8.01. The molecular weight excluding hydrogens is 469 g/mol. The summed E-state index contributed by atoms with van der Waals surface area (Å²) < 4.78 is 7.42. The molecule has 174 valence electrons. The molecule has 1 heterocycles. The Morgan fingerprint density at radius 3 is 2.38 bits per heavy atom. The average molecular weight is 494 g/mol. The van der Waals surface area contributed by atoms with E-state index in [0.717, 1.165) is 22.3 Å². The Labute approximate surface area is 209 Å². The quantitative estimate of drug-likeness (QED) is 0.302. The van der Waals surface area contributed by atoms with Crippen LogP contribution in [0.25, 0.3) is 0 Å². The van der Waals surface area contributed by atoms with Crippen molar-refractivity contribution in [3.05, 3.63) is 123 Å². The Hall–Kier alpha value is -3.12. The summed E-state index contributed by atoms with van der Waals surface area (Å²) in [5.74, 6) is -0.265. The smallest absolute Gasteiger partial charge is 0.256 e. The average Bonchev–Trinajstić information content (AvgIpc) is 3.12. The number of hydrogen-bond acceptors (Lipinski definition) is 3. The van der Waals surface area contributed by atoms with Gasteiger partial charge in [-0.15, -0.1) is 0 Å². The SMILES string of the molecule is Cc1nn(Cc2ccccc2Cl)c(Cl)c1C(=O)NCc1cccc(COCc2ccccc2)c1. The fourth-order valence-electron chi connectivity index (χ4n) is 3.67. The molecule has 0 atom stereocenters. The number of carbonyl (C=O) groups is 1. The molecule has 7 heteroatoms. The van der Waals surface area contributed by atoms with Crippen LogP contribution < -0.4 is 5.32 Å². The normalized spacial score (nSPS) is 10.9. The summed E-state index contributed by atoms with van der Waals surface area (Å²) in [6.45, 7) is 3.58. The Bertz CT molecular complexity index is 1270. The van der Waals surface area contributed by atoms with E-state index in [0.29, 0.717) is 42.6 Å². The van der Waals surface area contributed by atoms with E-state index in [2.05, 4.69) is 10.4 Å². The van der Waals surface area contributed by atoms with E-state index in [1.54, 1.807) is 11.6 Å². The van der Waals surface area contributed by atoms with E-state index in [-0.39, 0.29) is 11.1 Å². The number of aromatic nitrogens is 2. The molecule has 4 aromatic rings. The second-order valence-electron chi connectivity index (χ2n) is 7.98. The highest BCUT2D eigenvalue weighted by molar-refractivity contribution is 6.33. The van der Waals surface area contributed by atoms with Gasteiger partial charge in [0.15, 0.2) is 0 Å². The van der Waals surface area contributed by atoms with Crippen LogP contribution in [-0.4, -0.2) is 15.7 Å². The van der Waals surface area contributed by atoms with Crippen molar-refractivity contribution in [2.75, 3.05) is 0 Å². The molecule has 0 aliphatic rings. The summed E-state index contributed by atoms with van der Waals surface area (Å²) in [4.78, 5) is 12.9. The van der Waals surface area contributed by atoms with Crippen LogP contribution in [0.3, 0.4) is 0 Å². The van der Waals surface area contributed by atoms with Crippen LogP contribution in [0.4, 0.5) is 0 Å². The largest absolute Gasteiger partial charge is 0.372 e. The summed E-state index contributed by atoms with van der Waals surface area (Å²) in [6, 6.07) is 25.5. The highest BCUT2D eigenvalue weighted by Gasteiger charge is 2.20. The van der Waals surface area contributed by atoms with Gasteiger partial charge in [-0.25, -0.2) is 4.68 Å². The zero-order valence-electron chi connectivity index (χ0n) is 18.8. The van der Waals surface area contributed by atoms with Gasteiger partial charge in [0.25, 0.3) is 5.91 Å². The van der Waals surface area contributed by atoms with Gasteiger partial charge in [-0.05, 0) is 35.2 Å². The summed E-state index contributed by atoms with van der Waals surface area (Å²) >= 11 is 12.8. The molecule has 0 bridgehead atoms. The predicted molar refractivity (Wildman–Crippen MR) is 135 cm³/mol. The molecule has 34 heavy (non-hydrogen) atoms. The number of rotatable bonds is 9. The fraction of sp³-hybridized carbons (Fsp3) is 0.185. The van der Waals surface area contributed by atoms with E-state index < -0.39 is 0 Å². The molecule has 0 aliphatic heterocycles. The van der Waals surface area contributed by atoms with Crippen LogP contribution in [0.5, 0.6) is 0 Å². The number of carbonyl (C=O) groups excluding carboxylic acids is 1. The second kappa shape index (κ2) is 11.3. The first-order valence-electron chi connectivity index (χ1n) is 11.0. The number of amides is 1. The van der Waals surface area contributed by atoms with E-state index in [1.165, 1.54) is 0 Å². The van der Waals surface area contributed by atoms with Crippen LogP contribution in [0.1, 0.15) is 38.3 Å². The second-order valence-corrected chi connectivity index (χ2v) is 8.75. The van der Waals surface area contributed by atoms with Crippen molar-refractivity contribution in [3.63, 3.8) is 0 Å². The van der Waals surface area contributed by atoms with Gasteiger partial charge in [-0.1, -0.05) is 96.0 Å². The lowest BCUT2D eigenvalue weighted by atomic mass is 10.1. The first-order chi connectivity index (χ1) is 16.5. The zero-order chi connectivity index (χ0) is 23.9. The molecule has 0 unspecified atom stereocenters. The molecule has 1 aromatic heterocycles. The first kappa shape index (κ1) is 24.0. The van der Waals surface area contributed by atoms with E-state index >= 15 is 0 Å². The van der Waals surface area contributed by atoms with E-state index in [4.69, 9.17) is 27.9 Å². The molecule has 0 saturated heterocycles. The summed E-state index contributed by atoms with van der Waals surface area (Å²) in [6.07, 6.45) is 0. The van der Waals surface area contributed by atoms with Crippen molar-refractivity contribution < 1.29 is 9.53 Å². The van der Waals surface area contributed by atoms with Gasteiger partial charge in [0.1, 0.15) is 5.15 Å². The van der Waals surface area contributed by atoms with Gasteiger partial charge in [-0.2, -0.15) is 5.10 Å². The van der Waals surface area contributed by atoms with E-state index in [9.17, 15) is 4.79 Å². The molecule has 0 radical (unpaired) electrons. The van der Waals surface area contributed by atoms with Crippen molar-refractivity contribution in [2.24, 2.45) is 0 Å². The zero-order valence-corrected chi connectivity index (χ0v) is 20.3. The van der Waals surface area contributed by atoms with E-state index in [1.807, 2.05) is 78.9 Å². The number of hydrogen-bond donors (Lipinski definition) is 1. The highest BCUT2D eigenvalue weighted by Crippen LogP contribution is 2.23. The van der Waals surface area contributed by atoms with Crippen molar-refractivity contribution in [1.82, 2.24) is 15.1 Å². The Balaban J connectivity index is 1.36. The molecule has 0 saturated carbocycles. The summed E-state index contributed by atoms with van der Waals surface area (Å²) in [5, 5.41) is 8.31. The minimum atomic E-state index is -0.265. The predicted octanol–water partition coefficient (Wildman–Crippen LogP) is 6.19. The van der Waals surface area contributed by atoms with Crippen LogP contribution in [0, 0.1) is 6.92 Å². The number of nitrogens with one attached hydrogen (secondary N) is 1. The maximum absolute atomic E-state index is 12.9. The molecule has 1 N–H and O–H groups in total. The minimum Gasteiger partial charge on any atom is -0.372 e. The topological polar surface area (TPSA) is 56.2 Å². The van der Waals surface area contributed by atoms with Crippen molar-refractivity contribution in [2.45, 2.75) is 33.2 Å². The maximum atomic E-state index is 12.9. The molecule has 3 aromatic carbocycles. The van der Waals surface area contributed by atoms with Gasteiger partial charge < -0.3 is 10.1 Å². The van der Waals surface area contributed by atoms with Crippen molar-refractivity contribution in [3.8, 4) is 0 Å². The lowest BCUT2D eigenvalue weighted by Crippen LogP contribution is -2.23. The lowest BCUT2D eigenvalue weighted by molar-refractivity contribution is 0.0950. The first-order valence-corrected chi connectivity index (χ1v) is 11.7. The van der Waals surface area contributed by atoms with Crippen molar-refractivity contribution in [1.29, 1.82) is 0 Å². The third-order valence-electron chi connectivity index (χ3n) is 5.40. The van der Waals surface area contributed by atoms with Crippen LogP contribution in [0.15, 0.2) is 78.9 Å². The molecular formula is C27H25Cl2N3O2. The van der Waals surface area contributed by atoms with Gasteiger partial charge in [0.05, 0.1) is 31.0 Å². The lowest BCUT2D eigenvalue weighted by Gasteiger charge is -2.09. The third kappa shape index (κ3) is 6.06. The molecule has 4 rings (SSSR count). The molecule has 0 aliphatic carbocycles. The van der Waals surface area contributed by atoms with Crippen molar-refractivity contribution >= 4 is 29.1 Å². The van der Waals surface area contributed by atoms with Crippen LogP contribution in [0.2, 0.25) is 10.2 Å². The van der Waals surface area contributed by atoms with Gasteiger partial charge in [-0.3, -0.25) is 4.79 Å².